The van der Waals surface area contributed by atoms with Crippen molar-refractivity contribution in [3.63, 3.8) is 0 Å². The molecule has 0 fully saturated rings. The predicted octanol–water partition coefficient (Wildman–Crippen LogP) is 3.64. The van der Waals surface area contributed by atoms with Crippen LogP contribution in [0, 0.1) is 0 Å². The van der Waals surface area contributed by atoms with Gasteiger partial charge in [0.25, 0.3) is 0 Å². The average molecular weight is 377 g/mol. The smallest absolute Gasteiger partial charge is 0.240 e. The van der Waals surface area contributed by atoms with E-state index in [9.17, 15) is 8.42 Å². The molecule has 0 unspecified atom stereocenters. The lowest BCUT2D eigenvalue weighted by molar-refractivity contribution is 0.314. The van der Waals surface area contributed by atoms with Crippen LogP contribution < -0.4 is 9.46 Å². The summed E-state index contributed by atoms with van der Waals surface area (Å²) in [6, 6.07) is 15.6. The van der Waals surface area contributed by atoms with Crippen molar-refractivity contribution >= 4 is 32.5 Å². The summed E-state index contributed by atoms with van der Waals surface area (Å²) in [5.41, 5.74) is 0.798. The van der Waals surface area contributed by atoms with Gasteiger partial charge in [0.1, 0.15) is 11.3 Å². The number of hydrogen-bond donors (Lipinski definition) is 1. The third-order valence-corrected chi connectivity index (χ3v) is 5.32. The standard InChI is InChI=1S/C18H17ClN2O3S/c19-15-7-9-16(10-8-15)25(22,23)21-12-3-13-24-17-6-1-4-14-5-2-11-20-18(14)17/h1-2,4-11,21H,3,12-13H2. The van der Waals surface area contributed by atoms with Gasteiger partial charge in [0.05, 0.1) is 11.5 Å². The van der Waals surface area contributed by atoms with Crippen molar-refractivity contribution in [2.45, 2.75) is 11.3 Å². The number of sulfonamides is 1. The maximum atomic E-state index is 12.1. The van der Waals surface area contributed by atoms with E-state index in [1.54, 1.807) is 18.3 Å². The van der Waals surface area contributed by atoms with Gasteiger partial charge in [-0.1, -0.05) is 29.8 Å². The molecule has 0 saturated carbocycles. The minimum Gasteiger partial charge on any atom is -0.491 e. The summed E-state index contributed by atoms with van der Waals surface area (Å²) in [7, 11) is -3.53. The van der Waals surface area contributed by atoms with Gasteiger partial charge in [0.2, 0.25) is 10.0 Å². The molecular weight excluding hydrogens is 360 g/mol. The molecule has 25 heavy (non-hydrogen) atoms. The van der Waals surface area contributed by atoms with Crippen molar-refractivity contribution in [1.82, 2.24) is 9.71 Å². The summed E-state index contributed by atoms with van der Waals surface area (Å²) >= 11 is 5.77. The number of para-hydroxylation sites is 1. The fraction of sp³-hybridized carbons (Fsp3) is 0.167. The Balaban J connectivity index is 1.52. The first kappa shape index (κ1) is 17.7. The van der Waals surface area contributed by atoms with Gasteiger partial charge in [0, 0.05) is 23.2 Å². The number of hydrogen-bond acceptors (Lipinski definition) is 4. The molecule has 2 aromatic carbocycles. The molecule has 0 aliphatic carbocycles. The van der Waals surface area contributed by atoms with Crippen molar-refractivity contribution in [1.29, 1.82) is 0 Å². The fourth-order valence-electron chi connectivity index (χ4n) is 2.35. The van der Waals surface area contributed by atoms with Crippen molar-refractivity contribution < 1.29 is 13.2 Å². The first-order chi connectivity index (χ1) is 12.1. The molecule has 1 N–H and O–H groups in total. The summed E-state index contributed by atoms with van der Waals surface area (Å²) in [5, 5.41) is 1.50. The van der Waals surface area contributed by atoms with Gasteiger partial charge in [-0.15, -0.1) is 0 Å². The zero-order valence-corrected chi connectivity index (χ0v) is 14.9. The zero-order valence-electron chi connectivity index (χ0n) is 13.4. The van der Waals surface area contributed by atoms with Crippen LogP contribution in [0.4, 0.5) is 0 Å². The SMILES string of the molecule is O=S(=O)(NCCCOc1cccc2cccnc12)c1ccc(Cl)cc1. The van der Waals surface area contributed by atoms with E-state index in [0.717, 1.165) is 10.9 Å². The highest BCUT2D eigenvalue weighted by Crippen LogP contribution is 2.22. The monoisotopic (exact) mass is 376 g/mol. The summed E-state index contributed by atoms with van der Waals surface area (Å²) < 4.78 is 32.6. The molecule has 1 aromatic heterocycles. The van der Waals surface area contributed by atoms with Gasteiger partial charge in [0.15, 0.2) is 0 Å². The zero-order chi connectivity index (χ0) is 17.7. The first-order valence-electron chi connectivity index (χ1n) is 7.78. The number of nitrogens with one attached hydrogen (secondary N) is 1. The third kappa shape index (κ3) is 4.48. The van der Waals surface area contributed by atoms with Crippen molar-refractivity contribution in [2.75, 3.05) is 13.2 Å². The van der Waals surface area contributed by atoms with Crippen molar-refractivity contribution in [2.24, 2.45) is 0 Å². The van der Waals surface area contributed by atoms with Gasteiger partial charge < -0.3 is 4.74 Å². The Morgan fingerprint density at radius 3 is 2.60 bits per heavy atom. The highest BCUT2D eigenvalue weighted by Gasteiger charge is 2.12. The molecular formula is C18H17ClN2O3S. The first-order valence-corrected chi connectivity index (χ1v) is 9.64. The Kier molecular flexibility index (Phi) is 5.53. The van der Waals surface area contributed by atoms with E-state index >= 15 is 0 Å². The third-order valence-electron chi connectivity index (χ3n) is 3.59. The van der Waals surface area contributed by atoms with Crippen LogP contribution >= 0.6 is 11.6 Å². The summed E-state index contributed by atoms with van der Waals surface area (Å²) in [6.07, 6.45) is 2.26. The lowest BCUT2D eigenvalue weighted by Gasteiger charge is -2.09. The molecule has 0 spiro atoms. The van der Waals surface area contributed by atoms with Crippen LogP contribution in [0.15, 0.2) is 65.7 Å². The van der Waals surface area contributed by atoms with Crippen LogP contribution in [-0.4, -0.2) is 26.6 Å². The molecule has 3 rings (SSSR count). The molecule has 7 heteroatoms. The van der Waals surface area contributed by atoms with Crippen LogP contribution in [0.3, 0.4) is 0 Å². The number of pyridine rings is 1. The molecule has 0 radical (unpaired) electrons. The van der Waals surface area contributed by atoms with Crippen LogP contribution in [0.1, 0.15) is 6.42 Å². The topological polar surface area (TPSA) is 68.3 Å². The Labute approximate surface area is 151 Å². The molecule has 130 valence electrons. The second-order valence-electron chi connectivity index (χ2n) is 5.38. The van der Waals surface area contributed by atoms with Gasteiger partial charge in [-0.05, 0) is 42.8 Å². The Hall–Kier alpha value is -2.15. The Morgan fingerprint density at radius 1 is 1.04 bits per heavy atom. The molecule has 0 aliphatic heterocycles. The molecule has 0 saturated heterocycles. The van der Waals surface area contributed by atoms with E-state index in [-0.39, 0.29) is 11.4 Å². The molecule has 0 aliphatic rings. The molecule has 0 atom stereocenters. The molecule has 5 nitrogen and oxygen atoms in total. The van der Waals surface area contributed by atoms with E-state index in [1.807, 2.05) is 30.3 Å². The quantitative estimate of drug-likeness (QED) is 0.639. The molecule has 0 amide bonds. The fourth-order valence-corrected chi connectivity index (χ4v) is 3.55. The Morgan fingerprint density at radius 2 is 1.80 bits per heavy atom. The van der Waals surface area contributed by atoms with Crippen LogP contribution in [0.5, 0.6) is 5.75 Å². The number of fused-ring (bicyclic) bond motifs is 1. The van der Waals surface area contributed by atoms with Crippen LogP contribution in [0.25, 0.3) is 10.9 Å². The number of ether oxygens (including phenoxy) is 1. The largest absolute Gasteiger partial charge is 0.491 e. The van der Waals surface area contributed by atoms with Gasteiger partial charge >= 0.3 is 0 Å². The van der Waals surface area contributed by atoms with Crippen molar-refractivity contribution in [3.8, 4) is 5.75 Å². The van der Waals surface area contributed by atoms with Crippen molar-refractivity contribution in [3.05, 3.63) is 65.8 Å². The minimum absolute atomic E-state index is 0.191. The van der Waals surface area contributed by atoms with E-state index in [2.05, 4.69) is 9.71 Å². The second-order valence-corrected chi connectivity index (χ2v) is 7.59. The average Bonchev–Trinajstić information content (AvgIpc) is 2.62. The van der Waals surface area contributed by atoms with E-state index in [0.29, 0.717) is 23.8 Å². The van der Waals surface area contributed by atoms with Gasteiger partial charge in [-0.25, -0.2) is 13.1 Å². The number of nitrogens with zero attached hydrogens (tertiary/aromatic N) is 1. The van der Waals surface area contributed by atoms with E-state index < -0.39 is 10.0 Å². The molecule has 0 bridgehead atoms. The molecule has 1 heterocycles. The highest BCUT2D eigenvalue weighted by molar-refractivity contribution is 7.89. The van der Waals surface area contributed by atoms with Gasteiger partial charge in [-0.2, -0.15) is 0 Å². The second kappa shape index (κ2) is 7.82. The number of aromatic nitrogens is 1. The van der Waals surface area contributed by atoms with Crippen LogP contribution in [-0.2, 0) is 10.0 Å². The predicted molar refractivity (Wildman–Crippen MR) is 98.5 cm³/mol. The molecule has 3 aromatic rings. The normalized spacial score (nSPS) is 11.6. The highest BCUT2D eigenvalue weighted by atomic mass is 35.5. The number of benzene rings is 2. The summed E-state index contributed by atoms with van der Waals surface area (Å²) in [5.74, 6) is 0.693. The van der Waals surface area contributed by atoms with Crippen LogP contribution in [0.2, 0.25) is 5.02 Å². The lowest BCUT2D eigenvalue weighted by atomic mass is 10.2. The maximum Gasteiger partial charge on any atom is 0.240 e. The maximum absolute atomic E-state index is 12.1. The summed E-state index contributed by atoms with van der Waals surface area (Å²) in [6.45, 7) is 0.669. The Bertz CT molecular complexity index is 954. The van der Waals surface area contributed by atoms with Gasteiger partial charge in [-0.3, -0.25) is 4.98 Å². The number of halogens is 1. The van der Waals surface area contributed by atoms with E-state index in [4.69, 9.17) is 16.3 Å². The minimum atomic E-state index is -3.53. The summed E-state index contributed by atoms with van der Waals surface area (Å²) in [4.78, 5) is 4.51. The van der Waals surface area contributed by atoms with E-state index in [1.165, 1.54) is 12.1 Å². The lowest BCUT2D eigenvalue weighted by Crippen LogP contribution is -2.25. The number of rotatable bonds is 7.